The highest BCUT2D eigenvalue weighted by Crippen LogP contribution is 2.47. The number of amides is 1. The van der Waals surface area contributed by atoms with E-state index in [2.05, 4.69) is 4.72 Å². The molecule has 0 bridgehead atoms. The van der Waals surface area contributed by atoms with Gasteiger partial charge in [-0.15, -0.1) is 0 Å². The second-order valence-electron chi connectivity index (χ2n) is 6.60. The Morgan fingerprint density at radius 1 is 0.967 bits per heavy atom. The molecule has 7 nitrogen and oxygen atoms in total. The Morgan fingerprint density at radius 3 is 2.43 bits per heavy atom. The maximum Gasteiger partial charge on any atom is 0.261 e. The molecule has 3 aromatic carbocycles. The molecule has 30 heavy (non-hydrogen) atoms. The van der Waals surface area contributed by atoms with E-state index in [1.807, 2.05) is 30.3 Å². The number of para-hydroxylation sites is 1. The van der Waals surface area contributed by atoms with Crippen molar-refractivity contribution in [1.82, 2.24) is 10.2 Å². The van der Waals surface area contributed by atoms with Crippen LogP contribution in [0.4, 0.5) is 0 Å². The normalized spacial score (nSPS) is 13.5. The van der Waals surface area contributed by atoms with Crippen molar-refractivity contribution in [3.63, 3.8) is 0 Å². The zero-order valence-corrected chi connectivity index (χ0v) is 17.2. The second kappa shape index (κ2) is 8.49. The lowest BCUT2D eigenvalue weighted by molar-refractivity contribution is -0.130. The quantitative estimate of drug-likeness (QED) is 0.313. The van der Waals surface area contributed by atoms with Gasteiger partial charge < -0.3 is 4.74 Å². The van der Waals surface area contributed by atoms with Gasteiger partial charge in [-0.25, -0.2) is 13.9 Å². The molecular formula is C21H18N2O5S2. The van der Waals surface area contributed by atoms with Crippen LogP contribution in [0, 0.1) is 0 Å². The molecule has 1 atom stereocenters. The van der Waals surface area contributed by atoms with Crippen LogP contribution >= 0.6 is 11.8 Å². The van der Waals surface area contributed by atoms with E-state index in [4.69, 9.17) is 9.94 Å². The Morgan fingerprint density at radius 2 is 1.67 bits per heavy atom. The summed E-state index contributed by atoms with van der Waals surface area (Å²) in [5, 5.41) is 9.05. The lowest BCUT2D eigenvalue weighted by Gasteiger charge is -2.21. The predicted octanol–water partition coefficient (Wildman–Crippen LogP) is 3.34. The van der Waals surface area contributed by atoms with E-state index in [1.165, 1.54) is 29.4 Å². The highest BCUT2D eigenvalue weighted by molar-refractivity contribution is 7.99. The van der Waals surface area contributed by atoms with E-state index in [-0.39, 0.29) is 11.3 Å². The molecular weight excluding hydrogens is 424 g/mol. The predicted molar refractivity (Wildman–Crippen MR) is 111 cm³/mol. The van der Waals surface area contributed by atoms with Gasteiger partial charge in [-0.3, -0.25) is 10.0 Å². The van der Waals surface area contributed by atoms with Crippen molar-refractivity contribution >= 4 is 27.7 Å². The fourth-order valence-electron chi connectivity index (χ4n) is 3.05. The van der Waals surface area contributed by atoms with E-state index in [0.29, 0.717) is 16.4 Å². The molecule has 0 spiro atoms. The monoisotopic (exact) mass is 442 g/mol. The van der Waals surface area contributed by atoms with Gasteiger partial charge in [-0.1, -0.05) is 54.2 Å². The fraction of sp³-hybridized carbons (Fsp3) is 0.0952. The van der Waals surface area contributed by atoms with Gasteiger partial charge in [0.05, 0.1) is 14.7 Å². The number of carbonyl (C=O) groups excluding carboxylic acids is 1. The number of ether oxygens (including phenoxy) is 1. The maximum absolute atomic E-state index is 13.0. The number of nitrogens with one attached hydrogen (secondary N) is 2. The Balaban J connectivity index is 1.59. The molecule has 0 aliphatic carbocycles. The van der Waals surface area contributed by atoms with Crippen LogP contribution in [0.25, 0.3) is 0 Å². The molecule has 1 heterocycles. The summed E-state index contributed by atoms with van der Waals surface area (Å²) in [5.41, 5.74) is 2.28. The number of benzene rings is 3. The summed E-state index contributed by atoms with van der Waals surface area (Å²) in [7, 11) is -4.04. The Kier molecular flexibility index (Phi) is 5.78. The molecule has 1 aliphatic heterocycles. The van der Waals surface area contributed by atoms with Gasteiger partial charge in [-0.05, 0) is 42.3 Å². The van der Waals surface area contributed by atoms with E-state index < -0.39 is 22.0 Å². The zero-order chi connectivity index (χ0) is 21.1. The number of hydrogen-bond acceptors (Lipinski definition) is 6. The van der Waals surface area contributed by atoms with Gasteiger partial charge in [0, 0.05) is 0 Å². The SMILES string of the molecule is O=C(NO)[C@H](Cc1ccccc1)NS(=O)(=O)c1ccc2c(c1)Sc1ccccc1O2. The summed E-state index contributed by atoms with van der Waals surface area (Å²) in [6, 6.07) is 19.8. The minimum absolute atomic E-state index is 0.000493. The molecule has 0 fully saturated rings. The van der Waals surface area contributed by atoms with Crippen molar-refractivity contribution < 1.29 is 23.2 Å². The summed E-state index contributed by atoms with van der Waals surface area (Å²) in [4.78, 5) is 13.6. The van der Waals surface area contributed by atoms with E-state index in [1.54, 1.807) is 30.3 Å². The molecule has 4 rings (SSSR count). The third kappa shape index (κ3) is 4.34. The van der Waals surface area contributed by atoms with Crippen LogP contribution in [0.2, 0.25) is 0 Å². The average molecular weight is 443 g/mol. The van der Waals surface area contributed by atoms with Crippen molar-refractivity contribution in [3.05, 3.63) is 78.4 Å². The van der Waals surface area contributed by atoms with Crippen molar-refractivity contribution in [1.29, 1.82) is 0 Å². The highest BCUT2D eigenvalue weighted by atomic mass is 32.2. The summed E-state index contributed by atoms with van der Waals surface area (Å²) >= 11 is 1.41. The summed E-state index contributed by atoms with van der Waals surface area (Å²) in [6.45, 7) is 0. The van der Waals surface area contributed by atoms with Crippen molar-refractivity contribution in [2.45, 2.75) is 27.1 Å². The number of rotatable bonds is 6. The standard InChI is InChI=1S/C21H18N2O5S2/c24-21(22-25)16(12-14-6-2-1-3-7-14)23-30(26,27)15-10-11-18-20(13-15)29-19-9-5-4-8-17(19)28-18/h1-11,13,16,23,25H,12H2,(H,22,24)/t16-/m0/s1. The molecule has 3 aromatic rings. The van der Waals surface area contributed by atoms with Gasteiger partial charge in [0.25, 0.3) is 5.91 Å². The van der Waals surface area contributed by atoms with Crippen molar-refractivity contribution in [3.8, 4) is 11.5 Å². The first-order valence-electron chi connectivity index (χ1n) is 9.05. The van der Waals surface area contributed by atoms with Gasteiger partial charge in [0.15, 0.2) is 0 Å². The van der Waals surface area contributed by atoms with E-state index >= 15 is 0 Å². The smallest absolute Gasteiger partial charge is 0.261 e. The summed E-state index contributed by atoms with van der Waals surface area (Å²) < 4.78 is 34.1. The summed E-state index contributed by atoms with van der Waals surface area (Å²) in [5.74, 6) is 0.435. The minimum Gasteiger partial charge on any atom is -0.455 e. The third-order valence-electron chi connectivity index (χ3n) is 4.52. The van der Waals surface area contributed by atoms with Gasteiger partial charge in [0.1, 0.15) is 17.5 Å². The van der Waals surface area contributed by atoms with Crippen LogP contribution in [0.1, 0.15) is 5.56 Å². The lowest BCUT2D eigenvalue weighted by Crippen LogP contribution is -2.47. The second-order valence-corrected chi connectivity index (χ2v) is 9.40. The Bertz CT molecular complexity index is 1180. The molecule has 3 N–H and O–H groups in total. The van der Waals surface area contributed by atoms with Gasteiger partial charge in [0.2, 0.25) is 10.0 Å². The largest absolute Gasteiger partial charge is 0.455 e. The van der Waals surface area contributed by atoms with Crippen LogP contribution in [0.15, 0.2) is 87.5 Å². The van der Waals surface area contributed by atoms with Crippen LogP contribution in [-0.4, -0.2) is 25.6 Å². The molecule has 0 unspecified atom stereocenters. The molecule has 1 aliphatic rings. The first kappa shape index (κ1) is 20.4. The Labute approximate surface area is 178 Å². The van der Waals surface area contributed by atoms with E-state index in [9.17, 15) is 13.2 Å². The highest BCUT2D eigenvalue weighted by Gasteiger charge is 2.27. The third-order valence-corrected chi connectivity index (χ3v) is 7.09. The molecule has 0 saturated carbocycles. The molecule has 154 valence electrons. The zero-order valence-electron chi connectivity index (χ0n) is 15.6. The first-order valence-corrected chi connectivity index (χ1v) is 11.4. The summed E-state index contributed by atoms with van der Waals surface area (Å²) in [6.07, 6.45) is 0.0860. The molecule has 0 saturated heterocycles. The molecule has 9 heteroatoms. The molecule has 0 aromatic heterocycles. The molecule has 1 amide bonds. The van der Waals surface area contributed by atoms with Gasteiger partial charge >= 0.3 is 0 Å². The van der Waals surface area contributed by atoms with Crippen molar-refractivity contribution in [2.75, 3.05) is 0 Å². The average Bonchev–Trinajstić information content (AvgIpc) is 2.76. The molecule has 0 radical (unpaired) electrons. The van der Waals surface area contributed by atoms with E-state index in [0.717, 1.165) is 10.5 Å². The Hall–Kier alpha value is -2.85. The van der Waals surface area contributed by atoms with Crippen LogP contribution < -0.4 is 14.9 Å². The van der Waals surface area contributed by atoms with Crippen LogP contribution in [-0.2, 0) is 21.2 Å². The number of hydroxylamine groups is 1. The topological polar surface area (TPSA) is 105 Å². The number of hydrogen-bond donors (Lipinski definition) is 3. The first-order chi connectivity index (χ1) is 14.5. The van der Waals surface area contributed by atoms with Crippen LogP contribution in [0.5, 0.6) is 11.5 Å². The number of sulfonamides is 1. The van der Waals surface area contributed by atoms with Crippen LogP contribution in [0.3, 0.4) is 0 Å². The number of carbonyl (C=O) groups is 1. The minimum atomic E-state index is -4.04. The van der Waals surface area contributed by atoms with Crippen molar-refractivity contribution in [2.24, 2.45) is 0 Å². The number of fused-ring (bicyclic) bond motifs is 2. The fourth-order valence-corrected chi connectivity index (χ4v) is 5.33. The van der Waals surface area contributed by atoms with Gasteiger partial charge in [-0.2, -0.15) is 4.72 Å². The lowest BCUT2D eigenvalue weighted by atomic mass is 10.1. The maximum atomic E-state index is 13.0.